The lowest BCUT2D eigenvalue weighted by molar-refractivity contribution is -0.145. The highest BCUT2D eigenvalue weighted by Crippen LogP contribution is 1.87. The smallest absolute Gasteiger partial charge is 0.302 e. The van der Waals surface area contributed by atoms with Crippen molar-refractivity contribution in [2.45, 2.75) is 13.0 Å². The van der Waals surface area contributed by atoms with Gasteiger partial charge >= 0.3 is 5.97 Å². The number of ether oxygens (including phenoxy) is 1. The van der Waals surface area contributed by atoms with Crippen molar-refractivity contribution in [1.82, 2.24) is 5.32 Å². The highest BCUT2D eigenvalue weighted by molar-refractivity contribution is 5.66. The minimum Gasteiger partial charge on any atom is -0.460 e. The van der Waals surface area contributed by atoms with Gasteiger partial charge in [-0.15, -0.1) is 0 Å². The molecule has 3 N–H and O–H groups in total. The summed E-state index contributed by atoms with van der Waals surface area (Å²) in [5.41, 5.74) is 5.29. The van der Waals surface area contributed by atoms with Crippen molar-refractivity contribution in [3.8, 4) is 0 Å². The summed E-state index contributed by atoms with van der Waals surface area (Å²) in [7, 11) is 1.78. The summed E-state index contributed by atoms with van der Waals surface area (Å²) in [5, 5.41) is 2.87. The molecule has 0 aliphatic carbocycles. The second-order valence-electron chi connectivity index (χ2n) is 2.02. The predicted octanol–water partition coefficient (Wildman–Crippen LogP) is -0.904. The van der Waals surface area contributed by atoms with Crippen LogP contribution in [0.3, 0.4) is 0 Å². The molecule has 0 aliphatic heterocycles. The lowest BCUT2D eigenvalue weighted by atomic mass is 10.3. The molecule has 1 atom stereocenters. The van der Waals surface area contributed by atoms with E-state index in [1.807, 2.05) is 0 Å². The van der Waals surface area contributed by atoms with E-state index >= 15 is 0 Å². The molecular weight excluding hydrogens is 132 g/mol. The van der Waals surface area contributed by atoms with Crippen LogP contribution < -0.4 is 11.1 Å². The van der Waals surface area contributed by atoms with Gasteiger partial charge in [-0.05, 0) is 7.05 Å². The number of likely N-dealkylation sites (N-methyl/N-ethyl adjacent to an activating group) is 1. The van der Waals surface area contributed by atoms with Crippen LogP contribution in [0.25, 0.3) is 0 Å². The maximum Gasteiger partial charge on any atom is 0.302 e. The molecule has 4 heteroatoms. The third-order valence-corrected chi connectivity index (χ3v) is 1.03. The largest absolute Gasteiger partial charge is 0.460 e. The summed E-state index contributed by atoms with van der Waals surface area (Å²) in [5.74, 6) is -0.286. The maximum atomic E-state index is 10.4. The van der Waals surface area contributed by atoms with Gasteiger partial charge in [0.25, 0.3) is 0 Å². The average Bonchev–Trinajstić information content (AvgIpc) is 1.86. The molecule has 0 aliphatic rings. The average molecular weight is 146 g/mol. The summed E-state index contributed by atoms with van der Waals surface area (Å²) in [6.07, 6.45) is -0.192. The van der Waals surface area contributed by atoms with E-state index in [1.165, 1.54) is 6.92 Å². The molecule has 0 radical (unpaired) electrons. The van der Waals surface area contributed by atoms with Gasteiger partial charge in [0.05, 0.1) is 0 Å². The first-order chi connectivity index (χ1) is 4.70. The zero-order valence-electron chi connectivity index (χ0n) is 6.39. The fourth-order valence-corrected chi connectivity index (χ4v) is 0.635. The fraction of sp³-hybridized carbons (Fsp3) is 0.833. The van der Waals surface area contributed by atoms with E-state index < -0.39 is 0 Å². The molecule has 0 aromatic rings. The van der Waals surface area contributed by atoms with Crippen molar-refractivity contribution in [1.29, 1.82) is 0 Å². The van der Waals surface area contributed by atoms with E-state index in [0.717, 1.165) is 0 Å². The van der Waals surface area contributed by atoms with Crippen LogP contribution in [0.1, 0.15) is 6.92 Å². The maximum absolute atomic E-state index is 10.4. The van der Waals surface area contributed by atoms with E-state index in [4.69, 9.17) is 10.5 Å². The molecule has 0 aromatic heterocycles. The van der Waals surface area contributed by atoms with Gasteiger partial charge < -0.3 is 15.8 Å². The number of nitrogens with two attached hydrogens (primary N) is 1. The summed E-state index contributed by atoms with van der Waals surface area (Å²) >= 11 is 0. The monoisotopic (exact) mass is 146 g/mol. The number of rotatable bonds is 4. The van der Waals surface area contributed by atoms with Crippen LogP contribution in [0.2, 0.25) is 0 Å². The Bertz CT molecular complexity index is 106. The van der Waals surface area contributed by atoms with Gasteiger partial charge in [0.2, 0.25) is 0 Å². The Labute approximate surface area is 60.7 Å². The van der Waals surface area contributed by atoms with Gasteiger partial charge in [-0.25, -0.2) is 0 Å². The number of carbonyl (C=O) groups excluding carboxylic acids is 1. The van der Waals surface area contributed by atoms with Gasteiger partial charge in [-0.1, -0.05) is 0 Å². The first-order valence-corrected chi connectivity index (χ1v) is 3.22. The van der Waals surface area contributed by atoms with Crippen LogP contribution in [0.4, 0.5) is 0 Å². The lowest BCUT2D eigenvalue weighted by Gasteiger charge is -2.13. The summed E-state index contributed by atoms with van der Waals surface area (Å²) in [4.78, 5) is 10.4. The zero-order valence-corrected chi connectivity index (χ0v) is 6.39. The molecule has 1 unspecified atom stereocenters. The quantitative estimate of drug-likeness (QED) is 0.504. The van der Waals surface area contributed by atoms with Crippen molar-refractivity contribution < 1.29 is 9.53 Å². The van der Waals surface area contributed by atoms with Gasteiger partial charge in [0, 0.05) is 20.0 Å². The minimum atomic E-state index is -0.286. The Morgan fingerprint density at radius 2 is 2.40 bits per heavy atom. The molecule has 0 fully saturated rings. The Hall–Kier alpha value is -0.610. The number of hydrogen-bond acceptors (Lipinski definition) is 4. The summed E-state index contributed by atoms with van der Waals surface area (Å²) in [6, 6.07) is 0. The second kappa shape index (κ2) is 5.20. The predicted molar refractivity (Wildman–Crippen MR) is 38.5 cm³/mol. The fourth-order valence-electron chi connectivity index (χ4n) is 0.635. The van der Waals surface area contributed by atoms with Crippen LogP contribution in [-0.4, -0.2) is 32.2 Å². The SMILES string of the molecule is CNCC(CN)OC(C)=O. The Morgan fingerprint density at radius 3 is 2.70 bits per heavy atom. The van der Waals surface area contributed by atoms with Gasteiger partial charge in [0.1, 0.15) is 6.10 Å². The zero-order chi connectivity index (χ0) is 7.98. The van der Waals surface area contributed by atoms with E-state index in [2.05, 4.69) is 5.32 Å². The highest BCUT2D eigenvalue weighted by atomic mass is 16.5. The highest BCUT2D eigenvalue weighted by Gasteiger charge is 2.06. The lowest BCUT2D eigenvalue weighted by Crippen LogP contribution is -2.34. The van der Waals surface area contributed by atoms with E-state index in [-0.39, 0.29) is 12.1 Å². The minimum absolute atomic E-state index is 0.192. The molecule has 0 bridgehead atoms. The third kappa shape index (κ3) is 4.29. The molecule has 0 saturated heterocycles. The second-order valence-corrected chi connectivity index (χ2v) is 2.02. The molecule has 10 heavy (non-hydrogen) atoms. The first kappa shape index (κ1) is 9.39. The van der Waals surface area contributed by atoms with Gasteiger partial charge in [-0.2, -0.15) is 0 Å². The van der Waals surface area contributed by atoms with Crippen molar-refractivity contribution in [2.24, 2.45) is 5.73 Å². The van der Waals surface area contributed by atoms with E-state index in [1.54, 1.807) is 7.05 Å². The van der Waals surface area contributed by atoms with E-state index in [9.17, 15) is 4.79 Å². The number of esters is 1. The molecule has 0 heterocycles. The molecule has 0 saturated carbocycles. The summed E-state index contributed by atoms with van der Waals surface area (Å²) < 4.78 is 4.81. The number of hydrogen-bond donors (Lipinski definition) is 2. The van der Waals surface area contributed by atoms with Crippen LogP contribution in [0, 0.1) is 0 Å². The molecule has 0 spiro atoms. The molecule has 0 rings (SSSR count). The van der Waals surface area contributed by atoms with Crippen molar-refractivity contribution >= 4 is 5.97 Å². The van der Waals surface area contributed by atoms with Crippen LogP contribution in [0.5, 0.6) is 0 Å². The Morgan fingerprint density at radius 1 is 1.80 bits per heavy atom. The molecule has 0 amide bonds. The van der Waals surface area contributed by atoms with Crippen LogP contribution >= 0.6 is 0 Å². The number of carbonyl (C=O) groups is 1. The number of nitrogens with one attached hydrogen (secondary N) is 1. The van der Waals surface area contributed by atoms with Crippen molar-refractivity contribution in [2.75, 3.05) is 20.1 Å². The first-order valence-electron chi connectivity index (χ1n) is 3.22. The Kier molecular flexibility index (Phi) is 4.88. The molecule has 4 nitrogen and oxygen atoms in total. The Balaban J connectivity index is 3.49. The van der Waals surface area contributed by atoms with Crippen LogP contribution in [0.15, 0.2) is 0 Å². The normalized spacial score (nSPS) is 12.7. The topological polar surface area (TPSA) is 64.3 Å². The molecule has 60 valence electrons. The van der Waals surface area contributed by atoms with E-state index in [0.29, 0.717) is 13.1 Å². The van der Waals surface area contributed by atoms with Gasteiger partial charge in [-0.3, -0.25) is 4.79 Å². The third-order valence-electron chi connectivity index (χ3n) is 1.03. The summed E-state index contributed by atoms with van der Waals surface area (Å²) in [6.45, 7) is 2.34. The molecule has 0 aromatic carbocycles. The molecular formula is C6H14N2O2. The van der Waals surface area contributed by atoms with Crippen molar-refractivity contribution in [3.05, 3.63) is 0 Å². The van der Waals surface area contributed by atoms with Crippen molar-refractivity contribution in [3.63, 3.8) is 0 Å². The van der Waals surface area contributed by atoms with Gasteiger partial charge in [0.15, 0.2) is 0 Å². The van der Waals surface area contributed by atoms with Crippen LogP contribution in [-0.2, 0) is 9.53 Å². The standard InChI is InChI=1S/C6H14N2O2/c1-5(9)10-6(3-7)4-8-2/h6,8H,3-4,7H2,1-2H3.